The molecule has 1 fully saturated rings. The minimum absolute atomic E-state index is 0.152. The van der Waals surface area contributed by atoms with Crippen molar-refractivity contribution in [3.8, 4) is 0 Å². The highest BCUT2D eigenvalue weighted by atomic mass is 16.5. The third-order valence-electron chi connectivity index (χ3n) is 5.25. The SMILES string of the molecule is COC(=O)[C@H](CC(C)C)NC(=O)CN1C(=O)N[C@@]2(CCc3ccccc32)C1=O. The number of ether oxygens (including phenoxy) is 1. The second-order valence-electron chi connectivity index (χ2n) is 7.66. The molecule has 8 nitrogen and oxygen atoms in total. The zero-order valence-corrected chi connectivity index (χ0v) is 16.3. The average molecular weight is 387 g/mol. The number of nitrogens with one attached hydrogen (secondary N) is 2. The van der Waals surface area contributed by atoms with Crippen LogP contribution in [-0.2, 0) is 31.1 Å². The maximum atomic E-state index is 13.1. The smallest absolute Gasteiger partial charge is 0.328 e. The summed E-state index contributed by atoms with van der Waals surface area (Å²) >= 11 is 0. The molecule has 0 bridgehead atoms. The van der Waals surface area contributed by atoms with Crippen LogP contribution in [0.2, 0.25) is 0 Å². The molecule has 1 aromatic rings. The topological polar surface area (TPSA) is 105 Å². The zero-order chi connectivity index (χ0) is 20.5. The van der Waals surface area contributed by atoms with E-state index in [1.54, 1.807) is 0 Å². The van der Waals surface area contributed by atoms with Gasteiger partial charge in [-0.3, -0.25) is 14.5 Å². The molecule has 1 aromatic carbocycles. The second kappa shape index (κ2) is 7.61. The van der Waals surface area contributed by atoms with Crippen molar-refractivity contribution in [2.24, 2.45) is 5.92 Å². The van der Waals surface area contributed by atoms with Gasteiger partial charge in [-0.15, -0.1) is 0 Å². The number of methoxy groups -OCH3 is 1. The molecule has 1 spiro atoms. The summed E-state index contributed by atoms with van der Waals surface area (Å²) in [7, 11) is 1.25. The molecule has 150 valence electrons. The molecular formula is C20H25N3O5. The van der Waals surface area contributed by atoms with E-state index in [4.69, 9.17) is 4.74 Å². The molecule has 1 heterocycles. The summed E-state index contributed by atoms with van der Waals surface area (Å²) in [5, 5.41) is 5.35. The van der Waals surface area contributed by atoms with Crippen LogP contribution in [0.4, 0.5) is 4.79 Å². The number of urea groups is 1. The van der Waals surface area contributed by atoms with Gasteiger partial charge in [-0.1, -0.05) is 38.1 Å². The predicted octanol–water partition coefficient (Wildman–Crippen LogP) is 1.08. The Bertz CT molecular complexity index is 822. The van der Waals surface area contributed by atoms with Crippen molar-refractivity contribution in [3.05, 3.63) is 35.4 Å². The summed E-state index contributed by atoms with van der Waals surface area (Å²) < 4.78 is 4.73. The first-order chi connectivity index (χ1) is 13.3. The number of rotatable bonds is 6. The minimum Gasteiger partial charge on any atom is -0.467 e. The Kier molecular flexibility index (Phi) is 5.40. The monoisotopic (exact) mass is 387 g/mol. The molecule has 3 rings (SSSR count). The van der Waals surface area contributed by atoms with E-state index in [0.717, 1.165) is 16.0 Å². The lowest BCUT2D eigenvalue weighted by Crippen LogP contribution is -2.48. The highest BCUT2D eigenvalue weighted by molar-refractivity contribution is 6.10. The normalized spacial score (nSPS) is 21.6. The van der Waals surface area contributed by atoms with Crippen molar-refractivity contribution in [1.29, 1.82) is 0 Å². The molecule has 2 aliphatic rings. The van der Waals surface area contributed by atoms with E-state index in [1.165, 1.54) is 7.11 Å². The van der Waals surface area contributed by atoms with Crippen LogP contribution >= 0.6 is 0 Å². The Labute approximate surface area is 163 Å². The maximum absolute atomic E-state index is 13.1. The number of esters is 1. The highest BCUT2D eigenvalue weighted by Gasteiger charge is 2.55. The van der Waals surface area contributed by atoms with E-state index >= 15 is 0 Å². The number of imide groups is 1. The molecule has 0 saturated carbocycles. The molecule has 0 aromatic heterocycles. The summed E-state index contributed by atoms with van der Waals surface area (Å²) in [6.07, 6.45) is 1.55. The molecule has 8 heteroatoms. The van der Waals surface area contributed by atoms with Gasteiger partial charge in [-0.2, -0.15) is 0 Å². The number of amides is 4. The van der Waals surface area contributed by atoms with Gasteiger partial charge in [0.1, 0.15) is 18.1 Å². The largest absolute Gasteiger partial charge is 0.467 e. The summed E-state index contributed by atoms with van der Waals surface area (Å²) in [5.41, 5.74) is 0.696. The van der Waals surface area contributed by atoms with Gasteiger partial charge in [-0.25, -0.2) is 9.59 Å². The number of nitrogens with zero attached hydrogens (tertiary/aromatic N) is 1. The summed E-state index contributed by atoms with van der Waals surface area (Å²) in [4.78, 5) is 50.8. The number of carbonyl (C=O) groups excluding carboxylic acids is 4. The van der Waals surface area contributed by atoms with Crippen LogP contribution in [0.3, 0.4) is 0 Å². The van der Waals surface area contributed by atoms with E-state index < -0.39 is 41.9 Å². The number of benzene rings is 1. The molecule has 0 radical (unpaired) electrons. The molecule has 1 aliphatic heterocycles. The van der Waals surface area contributed by atoms with Crippen molar-refractivity contribution in [3.63, 3.8) is 0 Å². The molecule has 4 amide bonds. The molecule has 1 saturated heterocycles. The Hall–Kier alpha value is -2.90. The lowest BCUT2D eigenvalue weighted by Gasteiger charge is -2.23. The van der Waals surface area contributed by atoms with Crippen LogP contribution in [0.1, 0.15) is 37.8 Å². The van der Waals surface area contributed by atoms with E-state index in [1.807, 2.05) is 38.1 Å². The Morgan fingerprint density at radius 1 is 1.29 bits per heavy atom. The lowest BCUT2D eigenvalue weighted by molar-refractivity contribution is -0.145. The van der Waals surface area contributed by atoms with Gasteiger partial charge in [-0.05, 0) is 36.3 Å². The molecule has 28 heavy (non-hydrogen) atoms. The van der Waals surface area contributed by atoms with Gasteiger partial charge in [0.25, 0.3) is 5.91 Å². The van der Waals surface area contributed by atoms with Gasteiger partial charge in [0.05, 0.1) is 7.11 Å². The van der Waals surface area contributed by atoms with Crippen molar-refractivity contribution in [2.45, 2.75) is 44.7 Å². The van der Waals surface area contributed by atoms with Crippen LogP contribution < -0.4 is 10.6 Å². The van der Waals surface area contributed by atoms with Gasteiger partial charge in [0.2, 0.25) is 5.91 Å². The fraction of sp³-hybridized carbons (Fsp3) is 0.500. The quantitative estimate of drug-likeness (QED) is 0.561. The van der Waals surface area contributed by atoms with Gasteiger partial charge < -0.3 is 15.4 Å². The number of hydrogen-bond donors (Lipinski definition) is 2. The number of carbonyl (C=O) groups is 4. The van der Waals surface area contributed by atoms with Crippen molar-refractivity contribution < 1.29 is 23.9 Å². The number of hydrogen-bond acceptors (Lipinski definition) is 5. The standard InChI is InChI=1S/C20H25N3O5/c1-12(2)10-15(17(25)28-3)21-16(24)11-23-18(26)20(22-19(23)27)9-8-13-6-4-5-7-14(13)20/h4-7,12,15H,8-11H2,1-3H3,(H,21,24)(H,22,27)/t15-,20+/m0/s1. The maximum Gasteiger partial charge on any atom is 0.328 e. The predicted molar refractivity (Wildman–Crippen MR) is 100 cm³/mol. The summed E-state index contributed by atoms with van der Waals surface area (Å²) in [6.45, 7) is 3.39. The molecule has 2 N–H and O–H groups in total. The average Bonchev–Trinajstić information content (AvgIpc) is 3.14. The van der Waals surface area contributed by atoms with Gasteiger partial charge >= 0.3 is 12.0 Å². The summed E-state index contributed by atoms with van der Waals surface area (Å²) in [6, 6.07) is 6.07. The zero-order valence-electron chi connectivity index (χ0n) is 16.3. The third kappa shape index (κ3) is 3.46. The number of aryl methyl sites for hydroxylation is 1. The Balaban J connectivity index is 1.73. The van der Waals surface area contributed by atoms with Gasteiger partial charge in [0, 0.05) is 0 Å². The third-order valence-corrected chi connectivity index (χ3v) is 5.25. The van der Waals surface area contributed by atoms with Gasteiger partial charge in [0.15, 0.2) is 0 Å². The molecule has 2 atom stereocenters. The number of fused-ring (bicyclic) bond motifs is 2. The Morgan fingerprint density at radius 2 is 2.00 bits per heavy atom. The van der Waals surface area contributed by atoms with Crippen LogP contribution in [0, 0.1) is 5.92 Å². The fourth-order valence-electron chi connectivity index (χ4n) is 3.94. The van der Waals surface area contributed by atoms with Crippen molar-refractivity contribution in [2.75, 3.05) is 13.7 Å². The van der Waals surface area contributed by atoms with E-state index in [-0.39, 0.29) is 5.92 Å². The minimum atomic E-state index is -1.10. The highest BCUT2D eigenvalue weighted by Crippen LogP contribution is 2.41. The second-order valence-corrected chi connectivity index (χ2v) is 7.66. The first-order valence-electron chi connectivity index (χ1n) is 9.38. The van der Waals surface area contributed by atoms with Crippen LogP contribution in [0.15, 0.2) is 24.3 Å². The van der Waals surface area contributed by atoms with E-state index in [9.17, 15) is 19.2 Å². The van der Waals surface area contributed by atoms with E-state index in [2.05, 4.69) is 10.6 Å². The molecule has 1 aliphatic carbocycles. The van der Waals surface area contributed by atoms with Crippen LogP contribution in [0.25, 0.3) is 0 Å². The molecular weight excluding hydrogens is 362 g/mol. The first-order valence-corrected chi connectivity index (χ1v) is 9.38. The first kappa shape index (κ1) is 19.9. The van der Waals surface area contributed by atoms with Crippen LogP contribution in [-0.4, -0.2) is 48.4 Å². The van der Waals surface area contributed by atoms with Crippen molar-refractivity contribution >= 4 is 23.8 Å². The summed E-state index contributed by atoms with van der Waals surface area (Å²) in [5.74, 6) is -1.42. The van der Waals surface area contributed by atoms with E-state index in [0.29, 0.717) is 19.3 Å². The Morgan fingerprint density at radius 3 is 2.68 bits per heavy atom. The van der Waals surface area contributed by atoms with Crippen LogP contribution in [0.5, 0.6) is 0 Å². The lowest BCUT2D eigenvalue weighted by atomic mass is 9.92. The molecule has 0 unspecified atom stereocenters. The fourth-order valence-corrected chi connectivity index (χ4v) is 3.94. The van der Waals surface area contributed by atoms with Crippen molar-refractivity contribution in [1.82, 2.24) is 15.5 Å².